The van der Waals surface area contributed by atoms with E-state index in [2.05, 4.69) is 15.0 Å². The Bertz CT molecular complexity index is 1010. The number of methoxy groups -OCH3 is 1. The first kappa shape index (κ1) is 18.0. The molecule has 0 radical (unpaired) electrons. The van der Waals surface area contributed by atoms with Crippen molar-refractivity contribution in [2.24, 2.45) is 0 Å². The number of amides is 1. The van der Waals surface area contributed by atoms with Crippen molar-refractivity contribution in [1.82, 2.24) is 15.0 Å². The smallest absolute Gasteiger partial charge is 0.253 e. The molecule has 1 amide bonds. The van der Waals surface area contributed by atoms with Gasteiger partial charge in [-0.1, -0.05) is 18.2 Å². The number of para-hydroxylation sites is 1. The van der Waals surface area contributed by atoms with Crippen LogP contribution < -0.4 is 14.8 Å². The van der Waals surface area contributed by atoms with Gasteiger partial charge < -0.3 is 15.0 Å². The highest BCUT2D eigenvalue weighted by atomic mass is 32.2. The Hall–Kier alpha value is -2.84. The van der Waals surface area contributed by atoms with E-state index in [4.69, 9.17) is 4.74 Å². The lowest BCUT2D eigenvalue weighted by molar-refractivity contribution is 0.0956. The molecule has 0 aliphatic rings. The quantitative estimate of drug-likeness (QED) is 0.551. The SMILES string of the molecule is COc1ccc(S(=O)(=O)NCCNC(=O)c2c[nH]c3ccccc23)cc1. The lowest BCUT2D eigenvalue weighted by Crippen LogP contribution is -2.34. The van der Waals surface area contributed by atoms with Gasteiger partial charge in [0.15, 0.2) is 0 Å². The van der Waals surface area contributed by atoms with Gasteiger partial charge in [0.05, 0.1) is 17.6 Å². The Morgan fingerprint density at radius 1 is 1.08 bits per heavy atom. The molecule has 0 aliphatic heterocycles. The Kier molecular flexibility index (Phi) is 5.24. The summed E-state index contributed by atoms with van der Waals surface area (Å²) in [5.41, 5.74) is 1.40. The summed E-state index contributed by atoms with van der Waals surface area (Å²) in [5, 5.41) is 3.54. The highest BCUT2D eigenvalue weighted by Gasteiger charge is 2.14. The lowest BCUT2D eigenvalue weighted by Gasteiger charge is -2.08. The monoisotopic (exact) mass is 373 g/mol. The molecule has 0 saturated heterocycles. The van der Waals surface area contributed by atoms with Crippen LogP contribution in [0.4, 0.5) is 0 Å². The van der Waals surface area contributed by atoms with Crippen LogP contribution in [0.5, 0.6) is 5.75 Å². The second-order valence-corrected chi connectivity index (χ2v) is 7.34. The fourth-order valence-corrected chi connectivity index (χ4v) is 3.59. The third kappa shape index (κ3) is 3.87. The van der Waals surface area contributed by atoms with E-state index in [9.17, 15) is 13.2 Å². The first-order valence-corrected chi connectivity index (χ1v) is 9.47. The maximum atomic E-state index is 12.3. The van der Waals surface area contributed by atoms with Crippen molar-refractivity contribution in [1.29, 1.82) is 0 Å². The molecule has 0 saturated carbocycles. The van der Waals surface area contributed by atoms with Crippen molar-refractivity contribution >= 4 is 26.8 Å². The zero-order valence-electron chi connectivity index (χ0n) is 14.2. The van der Waals surface area contributed by atoms with Crippen molar-refractivity contribution in [3.8, 4) is 5.75 Å². The minimum absolute atomic E-state index is 0.0858. The van der Waals surface area contributed by atoms with E-state index in [1.807, 2.05) is 24.3 Å². The van der Waals surface area contributed by atoms with E-state index >= 15 is 0 Å². The van der Waals surface area contributed by atoms with Crippen molar-refractivity contribution in [2.45, 2.75) is 4.90 Å². The highest BCUT2D eigenvalue weighted by Crippen LogP contribution is 2.17. The molecule has 0 atom stereocenters. The van der Waals surface area contributed by atoms with Crippen molar-refractivity contribution in [3.05, 3.63) is 60.3 Å². The lowest BCUT2D eigenvalue weighted by atomic mass is 10.1. The van der Waals surface area contributed by atoms with Gasteiger partial charge in [-0.25, -0.2) is 13.1 Å². The largest absolute Gasteiger partial charge is 0.497 e. The third-order valence-corrected chi connectivity index (χ3v) is 5.38. The van der Waals surface area contributed by atoms with Gasteiger partial charge in [-0.15, -0.1) is 0 Å². The van der Waals surface area contributed by atoms with Crippen LogP contribution in [0.15, 0.2) is 59.6 Å². The fourth-order valence-electron chi connectivity index (χ4n) is 2.55. The van der Waals surface area contributed by atoms with E-state index in [1.54, 1.807) is 18.3 Å². The molecule has 8 heteroatoms. The normalized spacial score (nSPS) is 11.4. The molecular weight excluding hydrogens is 354 g/mol. The van der Waals surface area contributed by atoms with Crippen molar-refractivity contribution in [3.63, 3.8) is 0 Å². The molecule has 1 heterocycles. The van der Waals surface area contributed by atoms with E-state index < -0.39 is 10.0 Å². The number of hydrogen-bond acceptors (Lipinski definition) is 4. The molecule has 1 aromatic heterocycles. The Balaban J connectivity index is 1.55. The van der Waals surface area contributed by atoms with Gasteiger partial charge in [0, 0.05) is 30.2 Å². The number of sulfonamides is 1. The second kappa shape index (κ2) is 7.59. The molecule has 2 aromatic carbocycles. The molecule has 3 rings (SSSR count). The number of hydrogen-bond donors (Lipinski definition) is 3. The zero-order valence-corrected chi connectivity index (χ0v) is 15.0. The number of carbonyl (C=O) groups excluding carboxylic acids is 1. The number of aromatic nitrogens is 1. The first-order chi connectivity index (χ1) is 12.5. The number of fused-ring (bicyclic) bond motifs is 1. The number of rotatable bonds is 7. The maximum absolute atomic E-state index is 12.3. The molecule has 3 aromatic rings. The summed E-state index contributed by atoms with van der Waals surface area (Å²) in [6.45, 7) is 0.260. The third-order valence-electron chi connectivity index (χ3n) is 3.91. The summed E-state index contributed by atoms with van der Waals surface area (Å²) in [4.78, 5) is 15.4. The highest BCUT2D eigenvalue weighted by molar-refractivity contribution is 7.89. The van der Waals surface area contributed by atoms with Gasteiger partial charge >= 0.3 is 0 Å². The molecule has 0 fully saturated rings. The minimum atomic E-state index is -3.63. The summed E-state index contributed by atoms with van der Waals surface area (Å²) >= 11 is 0. The van der Waals surface area contributed by atoms with E-state index in [0.717, 1.165) is 10.9 Å². The van der Waals surface area contributed by atoms with Crippen LogP contribution in [-0.2, 0) is 10.0 Å². The second-order valence-electron chi connectivity index (χ2n) is 5.58. The summed E-state index contributed by atoms with van der Waals surface area (Å²) in [6, 6.07) is 13.6. The predicted molar refractivity (Wildman–Crippen MR) is 98.8 cm³/mol. The Morgan fingerprint density at radius 2 is 1.81 bits per heavy atom. The average Bonchev–Trinajstić information content (AvgIpc) is 3.09. The number of nitrogens with one attached hydrogen (secondary N) is 3. The van der Waals surface area contributed by atoms with Crippen molar-refractivity contribution < 1.29 is 17.9 Å². The molecule has 7 nitrogen and oxygen atoms in total. The van der Waals surface area contributed by atoms with Crippen LogP contribution >= 0.6 is 0 Å². The number of benzene rings is 2. The maximum Gasteiger partial charge on any atom is 0.253 e. The zero-order chi connectivity index (χ0) is 18.6. The van der Waals surface area contributed by atoms with Gasteiger partial charge in [0.25, 0.3) is 5.91 Å². The van der Waals surface area contributed by atoms with Crippen LogP contribution in [0.1, 0.15) is 10.4 Å². The topological polar surface area (TPSA) is 100 Å². The van der Waals surface area contributed by atoms with Crippen LogP contribution in [0.3, 0.4) is 0 Å². The summed E-state index contributed by atoms with van der Waals surface area (Å²) in [5.74, 6) is 0.320. The first-order valence-electron chi connectivity index (χ1n) is 7.99. The number of aromatic amines is 1. The van der Waals surface area contributed by atoms with E-state index in [1.165, 1.54) is 19.2 Å². The van der Waals surface area contributed by atoms with Gasteiger partial charge in [-0.3, -0.25) is 4.79 Å². The molecular formula is C18H19N3O4S. The Labute approximate surface area is 151 Å². The van der Waals surface area contributed by atoms with Gasteiger partial charge in [0.2, 0.25) is 10.0 Å². The number of carbonyl (C=O) groups is 1. The van der Waals surface area contributed by atoms with Gasteiger partial charge in [0.1, 0.15) is 5.75 Å². The molecule has 0 unspecified atom stereocenters. The summed E-state index contributed by atoms with van der Waals surface area (Å²) in [6.07, 6.45) is 1.64. The van der Waals surface area contributed by atoms with Gasteiger partial charge in [-0.2, -0.15) is 0 Å². The summed E-state index contributed by atoms with van der Waals surface area (Å²) in [7, 11) is -2.12. The van der Waals surface area contributed by atoms with Crippen LogP contribution in [-0.4, -0.2) is 39.5 Å². The standard InChI is InChI=1S/C18H19N3O4S/c1-25-13-6-8-14(9-7-13)26(23,24)21-11-10-19-18(22)16-12-20-17-5-3-2-4-15(16)17/h2-9,12,20-21H,10-11H2,1H3,(H,19,22). The average molecular weight is 373 g/mol. The molecule has 136 valence electrons. The van der Waals surface area contributed by atoms with E-state index in [-0.39, 0.29) is 23.9 Å². The molecule has 26 heavy (non-hydrogen) atoms. The number of H-pyrrole nitrogens is 1. The summed E-state index contributed by atoms with van der Waals surface area (Å²) < 4.78 is 31.9. The van der Waals surface area contributed by atoms with Gasteiger partial charge in [-0.05, 0) is 30.3 Å². The molecule has 0 bridgehead atoms. The van der Waals surface area contributed by atoms with Crippen molar-refractivity contribution in [2.75, 3.05) is 20.2 Å². The molecule has 0 aliphatic carbocycles. The van der Waals surface area contributed by atoms with Crippen LogP contribution in [0.25, 0.3) is 10.9 Å². The molecule has 3 N–H and O–H groups in total. The predicted octanol–water partition coefficient (Wildman–Crippen LogP) is 1.88. The molecule has 0 spiro atoms. The Morgan fingerprint density at radius 3 is 2.54 bits per heavy atom. The van der Waals surface area contributed by atoms with Crippen LogP contribution in [0, 0.1) is 0 Å². The number of ether oxygens (including phenoxy) is 1. The van der Waals surface area contributed by atoms with Crippen LogP contribution in [0.2, 0.25) is 0 Å². The van der Waals surface area contributed by atoms with E-state index in [0.29, 0.717) is 11.3 Å². The minimum Gasteiger partial charge on any atom is -0.497 e. The fraction of sp³-hybridized carbons (Fsp3) is 0.167.